The number of alkyl halides is 1. The summed E-state index contributed by atoms with van der Waals surface area (Å²) in [7, 11) is 0. The molecule has 1 atom stereocenters. The fraction of sp³-hybridized carbons (Fsp3) is 0.500. The van der Waals surface area contributed by atoms with E-state index in [-0.39, 0.29) is 0 Å². The van der Waals surface area contributed by atoms with Gasteiger partial charge in [0.25, 0.3) is 0 Å². The SMILES string of the molecule is O=C(O)C(F)OSS. The van der Waals surface area contributed by atoms with E-state index >= 15 is 0 Å². The van der Waals surface area contributed by atoms with E-state index in [0.717, 1.165) is 0 Å². The Balaban J connectivity index is 3.32. The number of aliphatic carboxylic acids is 1. The summed E-state index contributed by atoms with van der Waals surface area (Å²) in [4.78, 5) is 9.54. The Morgan fingerprint density at radius 2 is 2.50 bits per heavy atom. The first kappa shape index (κ1) is 8.06. The van der Waals surface area contributed by atoms with Crippen LogP contribution in [0.5, 0.6) is 0 Å². The molecule has 0 fully saturated rings. The van der Waals surface area contributed by atoms with Crippen LogP contribution in [0.4, 0.5) is 4.39 Å². The van der Waals surface area contributed by atoms with Gasteiger partial charge in [-0.25, -0.2) is 9.18 Å². The summed E-state index contributed by atoms with van der Waals surface area (Å²) in [5.41, 5.74) is 0. The summed E-state index contributed by atoms with van der Waals surface area (Å²) in [6, 6.07) is 0. The quantitative estimate of drug-likeness (QED) is 0.363. The lowest BCUT2D eigenvalue weighted by Gasteiger charge is -1.96. The molecule has 0 amide bonds. The van der Waals surface area contributed by atoms with Crippen molar-refractivity contribution in [2.75, 3.05) is 0 Å². The highest BCUT2D eigenvalue weighted by molar-refractivity contribution is 8.66. The smallest absolute Gasteiger partial charge is 0.367 e. The van der Waals surface area contributed by atoms with Gasteiger partial charge in [0.05, 0.1) is 11.1 Å². The van der Waals surface area contributed by atoms with E-state index in [1.807, 2.05) is 0 Å². The Hall–Kier alpha value is 0.0600. The Morgan fingerprint density at radius 3 is 2.62 bits per heavy atom. The molecule has 8 heavy (non-hydrogen) atoms. The molecule has 0 rings (SSSR count). The van der Waals surface area contributed by atoms with E-state index in [4.69, 9.17) is 5.11 Å². The summed E-state index contributed by atoms with van der Waals surface area (Å²) >= 11 is 3.72. The number of rotatable bonds is 3. The highest BCUT2D eigenvalue weighted by Gasteiger charge is 2.14. The molecule has 0 spiro atoms. The fourth-order valence-corrected chi connectivity index (χ4v) is 0.464. The molecule has 1 unspecified atom stereocenters. The van der Waals surface area contributed by atoms with Crippen molar-refractivity contribution >= 4 is 28.7 Å². The lowest BCUT2D eigenvalue weighted by molar-refractivity contribution is -0.152. The van der Waals surface area contributed by atoms with E-state index in [1.54, 1.807) is 0 Å². The van der Waals surface area contributed by atoms with Crippen molar-refractivity contribution in [3.8, 4) is 0 Å². The van der Waals surface area contributed by atoms with Crippen molar-refractivity contribution in [3.63, 3.8) is 0 Å². The molecule has 48 valence electrons. The highest BCUT2D eigenvalue weighted by Crippen LogP contribution is 2.11. The van der Waals surface area contributed by atoms with Crippen molar-refractivity contribution in [2.45, 2.75) is 6.36 Å². The Bertz CT molecular complexity index is 87.4. The first-order chi connectivity index (χ1) is 3.68. The van der Waals surface area contributed by atoms with Gasteiger partial charge in [0.1, 0.15) is 0 Å². The van der Waals surface area contributed by atoms with Crippen LogP contribution in [0.1, 0.15) is 0 Å². The maximum Gasteiger partial charge on any atom is 0.367 e. The summed E-state index contributed by atoms with van der Waals surface area (Å²) < 4.78 is 15.5. The van der Waals surface area contributed by atoms with E-state index in [1.165, 1.54) is 0 Å². The predicted octanol–water partition coefficient (Wildman–Crippen LogP) is 0.876. The lowest BCUT2D eigenvalue weighted by atomic mass is 10.7. The molecule has 0 aliphatic rings. The van der Waals surface area contributed by atoms with Crippen LogP contribution in [-0.4, -0.2) is 17.4 Å². The Morgan fingerprint density at radius 1 is 2.00 bits per heavy atom. The van der Waals surface area contributed by atoms with Crippen LogP contribution in [0.3, 0.4) is 0 Å². The van der Waals surface area contributed by atoms with Crippen LogP contribution in [-0.2, 0) is 8.98 Å². The van der Waals surface area contributed by atoms with Gasteiger partial charge in [0, 0.05) is 0 Å². The van der Waals surface area contributed by atoms with E-state index in [0.29, 0.717) is 11.1 Å². The third kappa shape index (κ3) is 3.11. The molecule has 0 radical (unpaired) electrons. The second-order valence-corrected chi connectivity index (χ2v) is 1.61. The van der Waals surface area contributed by atoms with Gasteiger partial charge < -0.3 is 5.11 Å². The number of halogens is 1. The topological polar surface area (TPSA) is 46.5 Å². The summed E-state index contributed by atoms with van der Waals surface area (Å²) in [5, 5.41) is 7.77. The zero-order chi connectivity index (χ0) is 6.57. The van der Waals surface area contributed by atoms with Gasteiger partial charge in [0.2, 0.25) is 0 Å². The second-order valence-electron chi connectivity index (χ2n) is 0.825. The van der Waals surface area contributed by atoms with E-state index in [9.17, 15) is 9.18 Å². The Kier molecular flexibility index (Phi) is 4.02. The number of carboxylic acid groups (broad SMARTS) is 1. The molecule has 3 nitrogen and oxygen atoms in total. The molecule has 0 aromatic heterocycles. The van der Waals surface area contributed by atoms with Crippen molar-refractivity contribution in [1.82, 2.24) is 0 Å². The van der Waals surface area contributed by atoms with E-state index in [2.05, 4.69) is 15.8 Å². The molecule has 0 aromatic carbocycles. The number of thiol groups is 1. The molecule has 0 heterocycles. The minimum atomic E-state index is -2.28. The van der Waals surface area contributed by atoms with Crippen LogP contribution in [0.2, 0.25) is 0 Å². The first-order valence-corrected chi connectivity index (χ1v) is 3.31. The average molecular weight is 158 g/mol. The van der Waals surface area contributed by atoms with Crippen molar-refractivity contribution in [1.29, 1.82) is 0 Å². The summed E-state index contributed by atoms with van der Waals surface area (Å²) in [5.74, 6) is -1.65. The molecule has 6 heteroatoms. The minimum Gasteiger partial charge on any atom is -0.477 e. The molecule has 1 N–H and O–H groups in total. The van der Waals surface area contributed by atoms with Crippen LogP contribution >= 0.6 is 22.7 Å². The van der Waals surface area contributed by atoms with Gasteiger partial charge in [-0.15, -0.1) is 0 Å². The largest absolute Gasteiger partial charge is 0.477 e. The number of carbonyl (C=O) groups is 1. The number of hydrogen-bond donors (Lipinski definition) is 2. The third-order valence-corrected chi connectivity index (χ3v) is 0.835. The Labute approximate surface area is 54.2 Å². The van der Waals surface area contributed by atoms with Gasteiger partial charge in [-0.3, -0.25) is 4.18 Å². The summed E-state index contributed by atoms with van der Waals surface area (Å²) in [6.07, 6.45) is -2.28. The third-order valence-electron chi connectivity index (χ3n) is 0.322. The number of hydrogen-bond acceptors (Lipinski definition) is 4. The van der Waals surface area contributed by atoms with Gasteiger partial charge in [-0.05, 0) is 0 Å². The van der Waals surface area contributed by atoms with Crippen molar-refractivity contribution in [3.05, 3.63) is 0 Å². The van der Waals surface area contributed by atoms with Crippen LogP contribution in [0, 0.1) is 0 Å². The minimum absolute atomic E-state index is 0.377. The predicted molar refractivity (Wildman–Crippen MR) is 30.2 cm³/mol. The first-order valence-electron chi connectivity index (χ1n) is 1.52. The van der Waals surface area contributed by atoms with Crippen LogP contribution in [0.15, 0.2) is 0 Å². The van der Waals surface area contributed by atoms with Crippen molar-refractivity contribution in [2.24, 2.45) is 0 Å². The van der Waals surface area contributed by atoms with Crippen LogP contribution in [0.25, 0.3) is 0 Å². The second kappa shape index (κ2) is 3.99. The lowest BCUT2D eigenvalue weighted by Crippen LogP contribution is -2.14. The zero-order valence-electron chi connectivity index (χ0n) is 3.57. The normalized spacial score (nSPS) is 13.2. The molecule has 0 saturated heterocycles. The van der Waals surface area contributed by atoms with Crippen LogP contribution < -0.4 is 0 Å². The molecule has 0 aliphatic heterocycles. The van der Waals surface area contributed by atoms with Gasteiger partial charge >= 0.3 is 12.3 Å². The molecule has 0 bridgehead atoms. The van der Waals surface area contributed by atoms with Gasteiger partial charge in [-0.1, -0.05) is 11.7 Å². The monoisotopic (exact) mass is 158 g/mol. The maximum atomic E-state index is 11.6. The van der Waals surface area contributed by atoms with Crippen molar-refractivity contribution < 1.29 is 18.5 Å². The van der Waals surface area contributed by atoms with E-state index < -0.39 is 12.3 Å². The maximum absolute atomic E-state index is 11.6. The zero-order valence-corrected chi connectivity index (χ0v) is 5.29. The molecular formula is C2H3FO3S2. The molecule has 0 aliphatic carbocycles. The standard InChI is InChI=1S/C2H3FO3S2/c3-1(2(4)5)6-8-7/h1,7H,(H,4,5). The highest BCUT2D eigenvalue weighted by atomic mass is 33.1. The average Bonchev–Trinajstić information content (AvgIpc) is 1.67. The fourth-order valence-electron chi connectivity index (χ4n) is 0.0789. The molecular weight excluding hydrogens is 155 g/mol. The molecule has 0 saturated carbocycles. The van der Waals surface area contributed by atoms with Gasteiger partial charge in [0.15, 0.2) is 0 Å². The molecule has 0 aromatic rings. The van der Waals surface area contributed by atoms with Gasteiger partial charge in [-0.2, -0.15) is 0 Å². The summed E-state index contributed by atoms with van der Waals surface area (Å²) in [6.45, 7) is 0. The number of carboxylic acids is 1.